The average Bonchev–Trinajstić information content (AvgIpc) is 3.42. The van der Waals surface area contributed by atoms with Gasteiger partial charge in [-0.05, 0) is 63.3 Å². The zero-order chi connectivity index (χ0) is 23.8. The fourth-order valence-corrected chi connectivity index (χ4v) is 6.89. The van der Waals surface area contributed by atoms with Crippen molar-refractivity contribution < 1.29 is 13.2 Å². The van der Waals surface area contributed by atoms with Gasteiger partial charge in [0.15, 0.2) is 5.13 Å². The van der Waals surface area contributed by atoms with Crippen molar-refractivity contribution in [1.82, 2.24) is 14.2 Å². The summed E-state index contributed by atoms with van der Waals surface area (Å²) >= 11 is 13.6. The summed E-state index contributed by atoms with van der Waals surface area (Å²) in [6.07, 6.45) is 1.06. The highest BCUT2D eigenvalue weighted by Gasteiger charge is 2.42. The summed E-state index contributed by atoms with van der Waals surface area (Å²) < 4.78 is 28.9. The predicted molar refractivity (Wildman–Crippen MR) is 134 cm³/mol. The number of halogens is 2. The minimum absolute atomic E-state index is 0.123. The lowest BCUT2D eigenvalue weighted by molar-refractivity contribution is -0.121. The molecule has 7 nitrogen and oxygen atoms in total. The molecule has 0 bridgehead atoms. The Morgan fingerprint density at radius 3 is 2.55 bits per heavy atom. The van der Waals surface area contributed by atoms with Crippen LogP contribution in [0.4, 0.5) is 5.13 Å². The Kier molecular flexibility index (Phi) is 7.28. The highest BCUT2D eigenvalue weighted by Crippen LogP contribution is 2.35. The molecule has 1 fully saturated rings. The van der Waals surface area contributed by atoms with Crippen molar-refractivity contribution in [2.45, 2.75) is 23.8 Å². The Labute approximate surface area is 207 Å². The molecule has 176 valence electrons. The van der Waals surface area contributed by atoms with E-state index in [4.69, 9.17) is 23.2 Å². The van der Waals surface area contributed by atoms with Crippen molar-refractivity contribution in [2.75, 3.05) is 38.6 Å². The van der Waals surface area contributed by atoms with Crippen molar-refractivity contribution in [2.24, 2.45) is 0 Å². The van der Waals surface area contributed by atoms with Gasteiger partial charge in [-0.2, -0.15) is 4.31 Å². The molecule has 1 atom stereocenters. The number of hydrogen-bond donors (Lipinski definition) is 0. The van der Waals surface area contributed by atoms with E-state index in [1.807, 2.05) is 31.1 Å². The third-order valence-corrected chi connectivity index (χ3v) is 9.06. The van der Waals surface area contributed by atoms with Crippen molar-refractivity contribution in [3.63, 3.8) is 0 Å². The number of anilines is 1. The first-order chi connectivity index (χ1) is 15.7. The zero-order valence-electron chi connectivity index (χ0n) is 18.2. The lowest BCUT2D eigenvalue weighted by atomic mass is 10.2. The molecule has 0 N–H and O–H groups in total. The molecule has 1 aliphatic rings. The Balaban J connectivity index is 1.68. The van der Waals surface area contributed by atoms with Crippen LogP contribution in [0.2, 0.25) is 10.0 Å². The largest absolute Gasteiger partial charge is 0.308 e. The molecule has 0 saturated carbocycles. The van der Waals surface area contributed by atoms with Crippen LogP contribution in [0.5, 0.6) is 0 Å². The number of carbonyl (C=O) groups excluding carboxylic acids is 1. The molecule has 1 aromatic heterocycles. The van der Waals surface area contributed by atoms with Gasteiger partial charge in [-0.25, -0.2) is 13.4 Å². The smallest absolute Gasteiger partial charge is 0.247 e. The number of rotatable bonds is 7. The Hall–Kier alpha value is -1.75. The summed E-state index contributed by atoms with van der Waals surface area (Å²) in [5.41, 5.74) is 0.638. The van der Waals surface area contributed by atoms with Crippen LogP contribution >= 0.6 is 34.5 Å². The predicted octanol–water partition coefficient (Wildman–Crippen LogP) is 4.35. The van der Waals surface area contributed by atoms with E-state index in [0.717, 1.165) is 4.70 Å². The van der Waals surface area contributed by atoms with Gasteiger partial charge in [0.05, 0.1) is 14.6 Å². The molecule has 0 aliphatic carbocycles. The van der Waals surface area contributed by atoms with E-state index >= 15 is 0 Å². The minimum atomic E-state index is -3.85. The number of aromatic nitrogens is 1. The van der Waals surface area contributed by atoms with Gasteiger partial charge < -0.3 is 4.90 Å². The summed E-state index contributed by atoms with van der Waals surface area (Å²) in [6, 6.07) is 10.7. The molecule has 11 heteroatoms. The first kappa shape index (κ1) is 24.4. The molecule has 1 unspecified atom stereocenters. The molecule has 3 aromatic rings. The normalized spacial score (nSPS) is 17.2. The average molecular weight is 527 g/mol. The van der Waals surface area contributed by atoms with Gasteiger partial charge in [0, 0.05) is 24.7 Å². The van der Waals surface area contributed by atoms with E-state index < -0.39 is 16.1 Å². The quantitative estimate of drug-likeness (QED) is 0.457. The molecule has 1 amide bonds. The van der Waals surface area contributed by atoms with E-state index in [1.54, 1.807) is 11.0 Å². The molecule has 0 spiro atoms. The number of hydrogen-bond acceptors (Lipinski definition) is 6. The third kappa shape index (κ3) is 5.03. The molecule has 2 aromatic carbocycles. The summed E-state index contributed by atoms with van der Waals surface area (Å²) in [7, 11) is -0.00658. The third-order valence-electron chi connectivity index (χ3n) is 5.54. The summed E-state index contributed by atoms with van der Waals surface area (Å²) in [5.74, 6) is -0.276. The second kappa shape index (κ2) is 9.85. The number of carbonyl (C=O) groups is 1. The first-order valence-electron chi connectivity index (χ1n) is 10.5. The second-order valence-corrected chi connectivity index (χ2v) is 11.8. The van der Waals surface area contributed by atoms with Gasteiger partial charge in [0.25, 0.3) is 0 Å². The van der Waals surface area contributed by atoms with Gasteiger partial charge in [0.2, 0.25) is 15.9 Å². The molecule has 1 aliphatic heterocycles. The van der Waals surface area contributed by atoms with E-state index in [-0.39, 0.29) is 17.3 Å². The summed E-state index contributed by atoms with van der Waals surface area (Å²) in [4.78, 5) is 22.1. The number of thiazole rings is 1. The number of amides is 1. The Bertz CT molecular complexity index is 1260. The van der Waals surface area contributed by atoms with Crippen LogP contribution in [0.3, 0.4) is 0 Å². The van der Waals surface area contributed by atoms with Crippen molar-refractivity contribution in [3.05, 3.63) is 52.5 Å². The number of sulfonamides is 1. The first-order valence-corrected chi connectivity index (χ1v) is 13.5. The molecule has 4 rings (SSSR count). The van der Waals surface area contributed by atoms with Crippen LogP contribution in [-0.4, -0.2) is 68.3 Å². The highest BCUT2D eigenvalue weighted by atomic mass is 35.5. The van der Waals surface area contributed by atoms with Gasteiger partial charge in [0.1, 0.15) is 11.6 Å². The van der Waals surface area contributed by atoms with Crippen molar-refractivity contribution >= 4 is 65.8 Å². The zero-order valence-corrected chi connectivity index (χ0v) is 21.4. The van der Waals surface area contributed by atoms with Crippen LogP contribution in [0.25, 0.3) is 10.2 Å². The van der Waals surface area contributed by atoms with Crippen LogP contribution in [-0.2, 0) is 14.8 Å². The lowest BCUT2D eigenvalue weighted by Gasteiger charge is -2.29. The molecular formula is C22H24Cl2N4O3S2. The van der Waals surface area contributed by atoms with Gasteiger partial charge in [-0.15, -0.1) is 0 Å². The van der Waals surface area contributed by atoms with Gasteiger partial charge >= 0.3 is 0 Å². The number of benzene rings is 2. The van der Waals surface area contributed by atoms with Crippen molar-refractivity contribution in [1.29, 1.82) is 0 Å². The highest BCUT2D eigenvalue weighted by molar-refractivity contribution is 7.89. The molecule has 2 heterocycles. The molecular weight excluding hydrogens is 503 g/mol. The number of para-hydroxylation sites is 1. The monoisotopic (exact) mass is 526 g/mol. The maximum atomic E-state index is 13.8. The maximum absolute atomic E-state index is 13.8. The Morgan fingerprint density at radius 1 is 1.15 bits per heavy atom. The summed E-state index contributed by atoms with van der Waals surface area (Å²) in [6.45, 7) is 1.27. The number of fused-ring (bicyclic) bond motifs is 1. The van der Waals surface area contributed by atoms with Crippen molar-refractivity contribution in [3.8, 4) is 0 Å². The molecule has 33 heavy (non-hydrogen) atoms. The maximum Gasteiger partial charge on any atom is 0.247 e. The SMILES string of the molecule is CN(C)CCN(C(=O)C1CCCN1S(=O)(=O)c1ccc(Cl)cc1)c1nc2c(Cl)cccc2s1. The second-order valence-electron chi connectivity index (χ2n) is 8.10. The minimum Gasteiger partial charge on any atom is -0.308 e. The number of likely N-dealkylation sites (N-methyl/N-ethyl adjacent to an activating group) is 1. The Morgan fingerprint density at radius 2 is 1.88 bits per heavy atom. The van der Waals surface area contributed by atoms with Gasteiger partial charge in [-0.1, -0.05) is 40.6 Å². The number of nitrogens with zero attached hydrogens (tertiary/aromatic N) is 4. The van der Waals surface area contributed by atoms with Crippen LogP contribution in [0.15, 0.2) is 47.4 Å². The summed E-state index contributed by atoms with van der Waals surface area (Å²) in [5, 5.41) is 1.48. The van der Waals surface area contributed by atoms with Gasteiger partial charge in [-0.3, -0.25) is 9.69 Å². The molecule has 1 saturated heterocycles. The van der Waals surface area contributed by atoms with Crippen LogP contribution in [0, 0.1) is 0 Å². The van der Waals surface area contributed by atoms with Crippen LogP contribution < -0.4 is 4.90 Å². The van der Waals surface area contributed by atoms with E-state index in [1.165, 1.54) is 39.9 Å². The van der Waals surface area contributed by atoms with E-state index in [0.29, 0.717) is 46.6 Å². The topological polar surface area (TPSA) is 73.8 Å². The molecule has 0 radical (unpaired) electrons. The standard InChI is InChI=1S/C22H24Cl2N4O3S2/c1-26(2)13-14-27(22-25-20-17(24)5-3-7-19(20)32-22)21(29)18-6-4-12-28(18)33(30,31)16-10-8-15(23)9-11-16/h3,5,7-11,18H,4,6,12-14H2,1-2H3. The fourth-order valence-electron chi connectivity index (χ4n) is 3.82. The van der Waals surface area contributed by atoms with E-state index in [2.05, 4.69) is 4.98 Å². The van der Waals surface area contributed by atoms with Crippen LogP contribution in [0.1, 0.15) is 12.8 Å². The lowest BCUT2D eigenvalue weighted by Crippen LogP contribution is -2.49. The fraction of sp³-hybridized carbons (Fsp3) is 0.364. The van der Waals surface area contributed by atoms with E-state index in [9.17, 15) is 13.2 Å².